The van der Waals surface area contributed by atoms with E-state index in [1.165, 1.54) is 16.7 Å². The molecule has 0 unspecified atom stereocenters. The molecule has 5 heteroatoms. The van der Waals surface area contributed by atoms with Crippen molar-refractivity contribution in [3.05, 3.63) is 58.9 Å². The summed E-state index contributed by atoms with van der Waals surface area (Å²) in [7, 11) is 1.87. The standard InChI is InChI=1S/C23H27N3O2/c1-15-9-20-21(10-16(15)2)26(14-24-20)8-7-23(27)25(4)13-18-5-6-22-19(12-18)11-17(3)28-22/h5-6,9-10,12,14,17H,7-8,11,13H2,1-4H3/t17-/m1/s1. The highest BCUT2D eigenvalue weighted by molar-refractivity contribution is 5.78. The number of carbonyl (C=O) groups excluding carboxylic acids is 1. The summed E-state index contributed by atoms with van der Waals surface area (Å²) in [6.07, 6.45) is 3.47. The maximum Gasteiger partial charge on any atom is 0.224 e. The fourth-order valence-electron chi connectivity index (χ4n) is 3.83. The molecule has 1 atom stereocenters. The Morgan fingerprint density at radius 3 is 2.86 bits per heavy atom. The molecule has 0 fully saturated rings. The smallest absolute Gasteiger partial charge is 0.224 e. The fourth-order valence-corrected chi connectivity index (χ4v) is 3.83. The number of rotatable bonds is 5. The molecule has 0 saturated carbocycles. The molecule has 146 valence electrons. The lowest BCUT2D eigenvalue weighted by molar-refractivity contribution is -0.130. The molecule has 5 nitrogen and oxygen atoms in total. The number of benzene rings is 2. The molecule has 1 aromatic heterocycles. The van der Waals surface area contributed by atoms with Crippen LogP contribution < -0.4 is 4.74 Å². The van der Waals surface area contributed by atoms with Gasteiger partial charge in [-0.25, -0.2) is 4.98 Å². The highest BCUT2D eigenvalue weighted by Crippen LogP contribution is 2.29. The summed E-state index contributed by atoms with van der Waals surface area (Å²) in [5.41, 5.74) is 6.94. The van der Waals surface area contributed by atoms with Gasteiger partial charge in [0.15, 0.2) is 0 Å². The van der Waals surface area contributed by atoms with Gasteiger partial charge in [-0.05, 0) is 61.2 Å². The van der Waals surface area contributed by atoms with Gasteiger partial charge in [0.25, 0.3) is 0 Å². The van der Waals surface area contributed by atoms with E-state index in [1.807, 2.05) is 19.4 Å². The van der Waals surface area contributed by atoms with E-state index in [2.05, 4.69) is 54.6 Å². The third-order valence-electron chi connectivity index (χ3n) is 5.61. The average molecular weight is 377 g/mol. The molecule has 2 heterocycles. The van der Waals surface area contributed by atoms with Crippen molar-refractivity contribution >= 4 is 16.9 Å². The Balaban J connectivity index is 1.39. The van der Waals surface area contributed by atoms with Crippen LogP contribution in [-0.2, 0) is 24.3 Å². The van der Waals surface area contributed by atoms with Gasteiger partial charge in [0.1, 0.15) is 11.9 Å². The zero-order chi connectivity index (χ0) is 19.8. The van der Waals surface area contributed by atoms with Crippen LogP contribution in [0.15, 0.2) is 36.7 Å². The Hall–Kier alpha value is -2.82. The minimum Gasteiger partial charge on any atom is -0.490 e. The molecular weight excluding hydrogens is 350 g/mol. The van der Waals surface area contributed by atoms with E-state index in [0.717, 1.165) is 28.8 Å². The topological polar surface area (TPSA) is 47.4 Å². The van der Waals surface area contributed by atoms with Crippen LogP contribution in [0.1, 0.15) is 35.6 Å². The quantitative estimate of drug-likeness (QED) is 0.675. The highest BCUT2D eigenvalue weighted by atomic mass is 16.5. The fraction of sp³-hybridized carbons (Fsp3) is 0.391. The first-order valence-electron chi connectivity index (χ1n) is 9.85. The summed E-state index contributed by atoms with van der Waals surface area (Å²) in [5, 5.41) is 0. The SMILES string of the molecule is Cc1cc2ncn(CCC(=O)N(C)Cc3ccc4c(c3)C[C@@H](C)O4)c2cc1C. The van der Waals surface area contributed by atoms with Crippen molar-refractivity contribution in [3.63, 3.8) is 0 Å². The van der Waals surface area contributed by atoms with Gasteiger partial charge in [0.05, 0.1) is 17.4 Å². The lowest BCUT2D eigenvalue weighted by Gasteiger charge is -2.18. The normalized spacial score (nSPS) is 15.5. The molecule has 1 amide bonds. The van der Waals surface area contributed by atoms with Crippen LogP contribution in [0, 0.1) is 13.8 Å². The lowest BCUT2D eigenvalue weighted by Crippen LogP contribution is -2.27. The third kappa shape index (κ3) is 3.61. The van der Waals surface area contributed by atoms with Gasteiger partial charge in [-0.15, -0.1) is 0 Å². The van der Waals surface area contributed by atoms with Crippen LogP contribution in [0.25, 0.3) is 11.0 Å². The largest absolute Gasteiger partial charge is 0.490 e. The van der Waals surface area contributed by atoms with E-state index in [9.17, 15) is 4.79 Å². The van der Waals surface area contributed by atoms with Crippen LogP contribution in [-0.4, -0.2) is 33.5 Å². The van der Waals surface area contributed by atoms with E-state index in [0.29, 0.717) is 19.5 Å². The number of aryl methyl sites for hydroxylation is 3. The number of aromatic nitrogens is 2. The number of nitrogens with zero attached hydrogens (tertiary/aromatic N) is 3. The van der Waals surface area contributed by atoms with Gasteiger partial charge in [-0.1, -0.05) is 12.1 Å². The number of hydrogen-bond acceptors (Lipinski definition) is 3. The van der Waals surface area contributed by atoms with Crippen LogP contribution >= 0.6 is 0 Å². The van der Waals surface area contributed by atoms with Crippen LogP contribution in [0.5, 0.6) is 5.75 Å². The molecule has 0 bridgehead atoms. The molecule has 1 aliphatic rings. The number of amides is 1. The van der Waals surface area contributed by atoms with Gasteiger partial charge in [-0.2, -0.15) is 0 Å². The van der Waals surface area contributed by atoms with Crippen molar-refractivity contribution in [2.45, 2.75) is 52.8 Å². The van der Waals surface area contributed by atoms with E-state index in [-0.39, 0.29) is 12.0 Å². The lowest BCUT2D eigenvalue weighted by atomic mass is 10.1. The Kier molecular flexibility index (Phi) is 4.84. The summed E-state index contributed by atoms with van der Waals surface area (Å²) in [4.78, 5) is 18.9. The van der Waals surface area contributed by atoms with Crippen molar-refractivity contribution in [3.8, 4) is 5.75 Å². The van der Waals surface area contributed by atoms with Crippen molar-refractivity contribution in [1.82, 2.24) is 14.5 Å². The first kappa shape index (κ1) is 18.5. The van der Waals surface area contributed by atoms with Crippen LogP contribution in [0.3, 0.4) is 0 Å². The molecule has 28 heavy (non-hydrogen) atoms. The second kappa shape index (κ2) is 7.30. The molecule has 0 N–H and O–H groups in total. The zero-order valence-electron chi connectivity index (χ0n) is 17.0. The Morgan fingerprint density at radius 1 is 1.25 bits per heavy atom. The summed E-state index contributed by atoms with van der Waals surface area (Å²) < 4.78 is 7.83. The second-order valence-corrected chi connectivity index (χ2v) is 7.94. The maximum absolute atomic E-state index is 12.7. The van der Waals surface area contributed by atoms with Crippen LogP contribution in [0.4, 0.5) is 0 Å². The molecule has 4 rings (SSSR count). The number of ether oxygens (including phenoxy) is 1. The first-order chi connectivity index (χ1) is 13.4. The second-order valence-electron chi connectivity index (χ2n) is 7.94. The third-order valence-corrected chi connectivity index (χ3v) is 5.61. The minimum atomic E-state index is 0.135. The molecule has 0 radical (unpaired) electrons. The number of carbonyl (C=O) groups is 1. The van der Waals surface area contributed by atoms with Gasteiger partial charge in [-0.3, -0.25) is 4.79 Å². The molecule has 1 aliphatic heterocycles. The van der Waals surface area contributed by atoms with Gasteiger partial charge in [0.2, 0.25) is 5.91 Å². The van der Waals surface area contributed by atoms with E-state index < -0.39 is 0 Å². The number of hydrogen-bond donors (Lipinski definition) is 0. The van der Waals surface area contributed by atoms with Gasteiger partial charge < -0.3 is 14.2 Å². The average Bonchev–Trinajstić information content (AvgIpc) is 3.21. The predicted octanol–water partition coefficient (Wildman–Crippen LogP) is 4.03. The first-order valence-corrected chi connectivity index (χ1v) is 9.85. The predicted molar refractivity (Wildman–Crippen MR) is 111 cm³/mol. The molecule has 0 saturated heterocycles. The molecular formula is C23H27N3O2. The summed E-state index contributed by atoms with van der Waals surface area (Å²) in [6, 6.07) is 10.5. The monoisotopic (exact) mass is 377 g/mol. The summed E-state index contributed by atoms with van der Waals surface area (Å²) in [5.74, 6) is 1.11. The molecule has 0 spiro atoms. The Morgan fingerprint density at radius 2 is 2.04 bits per heavy atom. The van der Waals surface area contributed by atoms with Crippen molar-refractivity contribution < 1.29 is 9.53 Å². The Bertz CT molecular complexity index is 1040. The van der Waals surface area contributed by atoms with Crippen molar-refractivity contribution in [2.75, 3.05) is 7.05 Å². The van der Waals surface area contributed by atoms with Crippen molar-refractivity contribution in [1.29, 1.82) is 0 Å². The number of imidazole rings is 1. The molecule has 0 aliphatic carbocycles. The number of fused-ring (bicyclic) bond motifs is 2. The highest BCUT2D eigenvalue weighted by Gasteiger charge is 2.19. The Labute approximate surface area is 165 Å². The van der Waals surface area contributed by atoms with Gasteiger partial charge >= 0.3 is 0 Å². The minimum absolute atomic E-state index is 0.135. The molecule has 2 aromatic carbocycles. The maximum atomic E-state index is 12.7. The molecule has 3 aromatic rings. The summed E-state index contributed by atoms with van der Waals surface area (Å²) in [6.45, 7) is 7.53. The summed E-state index contributed by atoms with van der Waals surface area (Å²) >= 11 is 0. The van der Waals surface area contributed by atoms with E-state index in [4.69, 9.17) is 4.74 Å². The van der Waals surface area contributed by atoms with E-state index in [1.54, 1.807) is 4.90 Å². The van der Waals surface area contributed by atoms with Crippen molar-refractivity contribution in [2.24, 2.45) is 0 Å². The zero-order valence-corrected chi connectivity index (χ0v) is 17.0. The van der Waals surface area contributed by atoms with Crippen LogP contribution in [0.2, 0.25) is 0 Å². The van der Waals surface area contributed by atoms with Gasteiger partial charge in [0, 0.05) is 33.0 Å². The van der Waals surface area contributed by atoms with E-state index >= 15 is 0 Å².